The molecule has 2 atom stereocenters. The van der Waals surface area contributed by atoms with Gasteiger partial charge in [0.2, 0.25) is 0 Å². The van der Waals surface area contributed by atoms with Crippen LogP contribution in [0.4, 0.5) is 0 Å². The predicted molar refractivity (Wildman–Crippen MR) is 73.8 cm³/mol. The minimum atomic E-state index is -4.08. The molecule has 2 unspecified atom stereocenters. The molecule has 0 fully saturated rings. The number of benzene rings is 1. The highest BCUT2D eigenvalue weighted by molar-refractivity contribution is 7.85. The van der Waals surface area contributed by atoms with Crippen molar-refractivity contribution in [1.82, 2.24) is 5.32 Å². The lowest BCUT2D eigenvalue weighted by Crippen LogP contribution is -2.45. The van der Waals surface area contributed by atoms with Crippen LogP contribution in [0, 0.1) is 0 Å². The monoisotopic (exact) mass is 283 g/mol. The summed E-state index contributed by atoms with van der Waals surface area (Å²) >= 11 is 0. The van der Waals surface area contributed by atoms with Crippen molar-refractivity contribution in [3.63, 3.8) is 0 Å². The number of aliphatic imine (C=N–C) groups is 1. The van der Waals surface area contributed by atoms with E-state index in [9.17, 15) is 8.42 Å². The summed E-state index contributed by atoms with van der Waals surface area (Å²) in [6.07, 6.45) is 0.798. The van der Waals surface area contributed by atoms with Gasteiger partial charge >= 0.3 is 0 Å². The molecule has 2 rings (SSSR count). The third kappa shape index (κ3) is 4.30. The summed E-state index contributed by atoms with van der Waals surface area (Å²) < 4.78 is 30.3. The van der Waals surface area contributed by atoms with Crippen molar-refractivity contribution >= 4 is 16.0 Å². The Morgan fingerprint density at radius 3 is 2.74 bits per heavy atom. The van der Waals surface area contributed by atoms with E-state index in [-0.39, 0.29) is 6.04 Å². The summed E-state index contributed by atoms with van der Waals surface area (Å²) in [7, 11) is -4.08. The molecule has 6 nitrogen and oxygen atoms in total. The number of hydrogen-bond donors (Lipinski definition) is 3. The highest BCUT2D eigenvalue weighted by Crippen LogP contribution is 2.08. The van der Waals surface area contributed by atoms with Crippen LogP contribution in [-0.4, -0.2) is 43.2 Å². The van der Waals surface area contributed by atoms with Gasteiger partial charge in [-0.2, -0.15) is 8.42 Å². The number of rotatable bonds is 5. The van der Waals surface area contributed by atoms with Crippen LogP contribution in [0.15, 0.2) is 35.3 Å². The van der Waals surface area contributed by atoms with Gasteiger partial charge in [-0.05, 0) is 12.0 Å². The standard InChI is InChI=1S/C12H17N3O3S/c13-11(8-19(16,17)18)12-14-7-10(15-12)6-9-4-2-1-3-5-9/h1-5,10-11H,6-8,13H2,(H,14,15)(H,16,17,18). The molecule has 1 aliphatic rings. The lowest BCUT2D eigenvalue weighted by Gasteiger charge is -2.15. The first-order valence-electron chi connectivity index (χ1n) is 5.99. The van der Waals surface area contributed by atoms with Crippen LogP contribution in [0.25, 0.3) is 0 Å². The molecule has 1 aliphatic heterocycles. The molecular formula is C12H17N3O3S. The van der Waals surface area contributed by atoms with Crippen molar-refractivity contribution in [2.24, 2.45) is 10.7 Å². The molecule has 7 heteroatoms. The van der Waals surface area contributed by atoms with Gasteiger partial charge in [-0.15, -0.1) is 0 Å². The molecule has 1 heterocycles. The van der Waals surface area contributed by atoms with Gasteiger partial charge in [-0.3, -0.25) is 9.55 Å². The van der Waals surface area contributed by atoms with Crippen LogP contribution in [0.1, 0.15) is 5.56 Å². The molecule has 0 saturated carbocycles. The fraction of sp³-hybridized carbons (Fsp3) is 0.417. The number of nitrogens with one attached hydrogen (secondary N) is 1. The molecule has 4 N–H and O–H groups in total. The molecule has 0 amide bonds. The Kier molecular flexibility index (Phi) is 4.18. The Labute approximate surface area is 112 Å². The highest BCUT2D eigenvalue weighted by atomic mass is 32.2. The molecule has 1 aromatic carbocycles. The maximum absolute atomic E-state index is 10.8. The molecule has 0 aliphatic carbocycles. The smallest absolute Gasteiger partial charge is 0.266 e. The Bertz CT molecular complexity index is 557. The minimum Gasteiger partial charge on any atom is -0.368 e. The van der Waals surface area contributed by atoms with Crippen molar-refractivity contribution in [2.75, 3.05) is 12.3 Å². The summed E-state index contributed by atoms with van der Waals surface area (Å²) in [5, 5.41) is 3.11. The molecule has 0 spiro atoms. The summed E-state index contributed by atoms with van der Waals surface area (Å²) in [6, 6.07) is 9.25. The normalized spacial score (nSPS) is 20.7. The lowest BCUT2D eigenvalue weighted by atomic mass is 10.1. The van der Waals surface area contributed by atoms with Gasteiger partial charge in [0, 0.05) is 0 Å². The summed E-state index contributed by atoms with van der Waals surface area (Å²) in [6.45, 7) is 0.559. The van der Waals surface area contributed by atoms with Gasteiger partial charge in [-0.25, -0.2) is 0 Å². The van der Waals surface area contributed by atoms with Gasteiger partial charge in [0.15, 0.2) is 0 Å². The van der Waals surface area contributed by atoms with E-state index < -0.39 is 21.9 Å². The predicted octanol–water partition coefficient (Wildman–Crippen LogP) is -0.185. The summed E-state index contributed by atoms with van der Waals surface area (Å²) in [5.74, 6) is -0.0739. The molecule has 19 heavy (non-hydrogen) atoms. The maximum atomic E-state index is 10.8. The van der Waals surface area contributed by atoms with Crippen molar-refractivity contribution in [2.45, 2.75) is 18.5 Å². The quantitative estimate of drug-likeness (QED) is 0.650. The summed E-state index contributed by atoms with van der Waals surface area (Å²) in [4.78, 5) is 4.20. The number of nitrogens with two attached hydrogens (primary N) is 1. The van der Waals surface area contributed by atoms with Crippen LogP contribution < -0.4 is 11.1 Å². The molecule has 104 valence electrons. The van der Waals surface area contributed by atoms with Gasteiger partial charge in [0.25, 0.3) is 10.1 Å². The van der Waals surface area contributed by atoms with Crippen molar-refractivity contribution in [3.8, 4) is 0 Å². The fourth-order valence-corrected chi connectivity index (χ4v) is 2.66. The largest absolute Gasteiger partial charge is 0.368 e. The van der Waals surface area contributed by atoms with Crippen LogP contribution in [0.2, 0.25) is 0 Å². The molecular weight excluding hydrogens is 266 g/mol. The van der Waals surface area contributed by atoms with E-state index in [1.807, 2.05) is 30.3 Å². The second-order valence-corrected chi connectivity index (χ2v) is 6.11. The van der Waals surface area contributed by atoms with Gasteiger partial charge in [0.1, 0.15) is 5.84 Å². The zero-order valence-electron chi connectivity index (χ0n) is 10.4. The minimum absolute atomic E-state index is 0.116. The van der Waals surface area contributed by atoms with E-state index in [4.69, 9.17) is 10.3 Å². The van der Waals surface area contributed by atoms with Crippen molar-refractivity contribution < 1.29 is 13.0 Å². The summed E-state index contributed by atoms with van der Waals surface area (Å²) in [5.41, 5.74) is 6.87. The van der Waals surface area contributed by atoms with Crippen LogP contribution in [0.5, 0.6) is 0 Å². The lowest BCUT2D eigenvalue weighted by molar-refractivity contribution is 0.481. The Morgan fingerprint density at radius 2 is 2.11 bits per heavy atom. The number of amidine groups is 1. The zero-order chi connectivity index (χ0) is 13.9. The average Bonchev–Trinajstić information content (AvgIpc) is 2.77. The third-order valence-corrected chi connectivity index (χ3v) is 3.68. The van der Waals surface area contributed by atoms with E-state index in [1.165, 1.54) is 5.56 Å². The van der Waals surface area contributed by atoms with E-state index in [1.54, 1.807) is 0 Å². The third-order valence-electron chi connectivity index (χ3n) is 2.90. The SMILES string of the molecule is NC(CS(=O)(=O)O)C1=NCC(Cc2ccccc2)N1. The topological polar surface area (TPSA) is 105 Å². The van der Waals surface area contributed by atoms with E-state index >= 15 is 0 Å². The zero-order valence-corrected chi connectivity index (χ0v) is 11.2. The Morgan fingerprint density at radius 1 is 1.42 bits per heavy atom. The first-order chi connectivity index (χ1) is 8.94. The van der Waals surface area contributed by atoms with E-state index in [0.29, 0.717) is 12.4 Å². The van der Waals surface area contributed by atoms with Crippen LogP contribution in [-0.2, 0) is 16.5 Å². The molecule has 0 aromatic heterocycles. The molecule has 0 bridgehead atoms. The van der Waals surface area contributed by atoms with Gasteiger partial charge < -0.3 is 11.1 Å². The fourth-order valence-electron chi connectivity index (χ4n) is 2.05. The number of hydrogen-bond acceptors (Lipinski definition) is 5. The molecule has 1 aromatic rings. The van der Waals surface area contributed by atoms with Crippen molar-refractivity contribution in [1.29, 1.82) is 0 Å². The molecule has 0 saturated heterocycles. The number of nitrogens with zero attached hydrogens (tertiary/aromatic N) is 1. The Hall–Kier alpha value is -1.44. The van der Waals surface area contributed by atoms with Crippen molar-refractivity contribution in [3.05, 3.63) is 35.9 Å². The van der Waals surface area contributed by atoms with Crippen LogP contribution >= 0.6 is 0 Å². The van der Waals surface area contributed by atoms with E-state index in [0.717, 1.165) is 6.42 Å². The average molecular weight is 283 g/mol. The first kappa shape index (κ1) is 14.0. The second kappa shape index (κ2) is 5.68. The van der Waals surface area contributed by atoms with Gasteiger partial charge in [0.05, 0.1) is 24.4 Å². The van der Waals surface area contributed by atoms with E-state index in [2.05, 4.69) is 10.3 Å². The first-order valence-corrected chi connectivity index (χ1v) is 7.60. The van der Waals surface area contributed by atoms with Crippen LogP contribution in [0.3, 0.4) is 0 Å². The second-order valence-electron chi connectivity index (χ2n) is 4.61. The van der Waals surface area contributed by atoms with Gasteiger partial charge in [-0.1, -0.05) is 30.3 Å². The highest BCUT2D eigenvalue weighted by Gasteiger charge is 2.25. The molecule has 0 radical (unpaired) electrons. The maximum Gasteiger partial charge on any atom is 0.266 e. The Balaban J connectivity index is 1.89.